The molecule has 0 saturated carbocycles. The molecule has 0 bridgehead atoms. The van der Waals surface area contributed by atoms with Crippen LogP contribution in [0.25, 0.3) is 0 Å². The van der Waals surface area contributed by atoms with Crippen LogP contribution in [0.3, 0.4) is 0 Å². The Balaban J connectivity index is 1.62. The Kier molecular flexibility index (Phi) is 4.27. The third kappa shape index (κ3) is 3.18. The number of likely N-dealkylation sites (tertiary alicyclic amines) is 1. The van der Waals surface area contributed by atoms with E-state index in [2.05, 4.69) is 5.32 Å². The average Bonchev–Trinajstić information content (AvgIpc) is 2.98. The van der Waals surface area contributed by atoms with Gasteiger partial charge in [0.25, 0.3) is 0 Å². The fourth-order valence-corrected chi connectivity index (χ4v) is 4.55. The molecule has 2 aromatic rings. The average molecular weight is 352 g/mol. The Morgan fingerprint density at radius 3 is 2.52 bits per heavy atom. The molecule has 0 radical (unpaired) electrons. The first kappa shape index (κ1) is 15.8. The number of ether oxygens (including phenoxy) is 1. The summed E-state index contributed by atoms with van der Waals surface area (Å²) in [6, 6.07) is 9.67. The van der Waals surface area contributed by atoms with Crippen LogP contribution in [0.4, 0.5) is 9.80 Å². The molecule has 1 saturated heterocycles. The SMILES string of the molecule is COc1ccc(S(=O)(=O)C2CN(C(=O)Nc3cccs3)C2)cc1. The first-order valence-corrected chi connectivity index (χ1v) is 9.40. The zero-order valence-electron chi connectivity index (χ0n) is 12.4. The van der Waals surface area contributed by atoms with Crippen LogP contribution in [0.5, 0.6) is 5.75 Å². The van der Waals surface area contributed by atoms with Crippen LogP contribution in [0.15, 0.2) is 46.7 Å². The van der Waals surface area contributed by atoms with Gasteiger partial charge in [-0.25, -0.2) is 13.2 Å². The predicted octanol–water partition coefficient (Wildman–Crippen LogP) is 2.45. The normalized spacial score (nSPS) is 15.1. The van der Waals surface area contributed by atoms with Gasteiger partial charge in [0, 0.05) is 13.1 Å². The third-order valence-electron chi connectivity index (χ3n) is 3.71. The van der Waals surface area contributed by atoms with Crippen LogP contribution in [0, 0.1) is 0 Å². The van der Waals surface area contributed by atoms with E-state index in [0.29, 0.717) is 5.75 Å². The molecule has 1 aliphatic heterocycles. The van der Waals surface area contributed by atoms with Crippen molar-refractivity contribution in [1.82, 2.24) is 4.90 Å². The molecule has 1 aliphatic rings. The topological polar surface area (TPSA) is 75.7 Å². The number of benzene rings is 1. The number of hydrogen-bond donors (Lipinski definition) is 1. The quantitative estimate of drug-likeness (QED) is 0.917. The first-order chi connectivity index (χ1) is 11.0. The number of rotatable bonds is 4. The van der Waals surface area contributed by atoms with Crippen molar-refractivity contribution in [2.24, 2.45) is 0 Å². The lowest BCUT2D eigenvalue weighted by atomic mass is 10.2. The molecule has 6 nitrogen and oxygen atoms in total. The molecule has 122 valence electrons. The molecule has 8 heteroatoms. The van der Waals surface area contributed by atoms with Crippen molar-refractivity contribution in [3.05, 3.63) is 41.8 Å². The lowest BCUT2D eigenvalue weighted by Gasteiger charge is -2.38. The molecule has 23 heavy (non-hydrogen) atoms. The highest BCUT2D eigenvalue weighted by molar-refractivity contribution is 7.92. The fraction of sp³-hybridized carbons (Fsp3) is 0.267. The molecule has 0 atom stereocenters. The summed E-state index contributed by atoms with van der Waals surface area (Å²) in [5, 5.41) is 4.79. The van der Waals surface area contributed by atoms with Crippen molar-refractivity contribution in [3.63, 3.8) is 0 Å². The second kappa shape index (κ2) is 6.21. The lowest BCUT2D eigenvalue weighted by molar-refractivity contribution is 0.183. The van der Waals surface area contributed by atoms with Gasteiger partial charge in [-0.2, -0.15) is 0 Å². The highest BCUT2D eigenvalue weighted by atomic mass is 32.2. The van der Waals surface area contributed by atoms with Gasteiger partial charge in [0.1, 0.15) is 11.0 Å². The van der Waals surface area contributed by atoms with E-state index in [1.165, 1.54) is 35.5 Å². The Morgan fingerprint density at radius 2 is 1.96 bits per heavy atom. The van der Waals surface area contributed by atoms with Crippen molar-refractivity contribution in [1.29, 1.82) is 0 Å². The van der Waals surface area contributed by atoms with Crippen molar-refractivity contribution < 1.29 is 17.9 Å². The number of anilines is 1. The molecular weight excluding hydrogens is 336 g/mol. The zero-order chi connectivity index (χ0) is 16.4. The largest absolute Gasteiger partial charge is 0.497 e. The van der Waals surface area contributed by atoms with E-state index < -0.39 is 15.1 Å². The van der Waals surface area contributed by atoms with Crippen molar-refractivity contribution in [2.45, 2.75) is 10.1 Å². The number of sulfone groups is 1. The molecule has 1 aromatic heterocycles. The predicted molar refractivity (Wildman–Crippen MR) is 88.9 cm³/mol. The zero-order valence-corrected chi connectivity index (χ0v) is 14.1. The smallest absolute Gasteiger partial charge is 0.322 e. The number of carbonyl (C=O) groups is 1. The Bertz CT molecular complexity index is 779. The number of nitrogens with one attached hydrogen (secondary N) is 1. The molecule has 0 spiro atoms. The molecule has 0 aliphatic carbocycles. The van der Waals surface area contributed by atoms with Gasteiger partial charge in [-0.1, -0.05) is 0 Å². The van der Waals surface area contributed by atoms with E-state index in [9.17, 15) is 13.2 Å². The summed E-state index contributed by atoms with van der Waals surface area (Å²) in [4.78, 5) is 13.7. The van der Waals surface area contributed by atoms with Crippen LogP contribution >= 0.6 is 11.3 Å². The standard InChI is InChI=1S/C15H16N2O4S2/c1-21-11-4-6-12(7-5-11)23(19,20)13-9-17(10-13)15(18)16-14-3-2-8-22-14/h2-8,13H,9-10H2,1H3,(H,16,18). The highest BCUT2D eigenvalue weighted by Gasteiger charge is 2.40. The molecule has 1 aromatic carbocycles. The van der Waals surface area contributed by atoms with Gasteiger partial charge in [0.15, 0.2) is 9.84 Å². The number of thiophene rings is 1. The van der Waals surface area contributed by atoms with Crippen LogP contribution in [-0.2, 0) is 9.84 Å². The van der Waals surface area contributed by atoms with Gasteiger partial charge in [0.05, 0.1) is 17.0 Å². The van der Waals surface area contributed by atoms with Gasteiger partial charge in [-0.05, 0) is 41.8 Å². The summed E-state index contributed by atoms with van der Waals surface area (Å²) in [5.41, 5.74) is 0. The van der Waals surface area contributed by atoms with E-state index in [1.807, 2.05) is 11.4 Å². The van der Waals surface area contributed by atoms with Gasteiger partial charge in [-0.3, -0.25) is 5.32 Å². The van der Waals surface area contributed by atoms with Crippen molar-refractivity contribution >= 4 is 32.2 Å². The highest BCUT2D eigenvalue weighted by Crippen LogP contribution is 2.26. The van der Waals surface area contributed by atoms with Gasteiger partial charge in [-0.15, -0.1) is 11.3 Å². The minimum atomic E-state index is -3.43. The van der Waals surface area contributed by atoms with Crippen LogP contribution in [0.2, 0.25) is 0 Å². The fourth-order valence-electron chi connectivity index (χ4n) is 2.29. The Hall–Kier alpha value is -2.06. The number of hydrogen-bond acceptors (Lipinski definition) is 5. The third-order valence-corrected chi connectivity index (χ3v) is 6.60. The molecule has 2 heterocycles. The lowest BCUT2D eigenvalue weighted by Crippen LogP contribution is -2.57. The maximum atomic E-state index is 12.5. The molecule has 2 amide bonds. The summed E-state index contributed by atoms with van der Waals surface area (Å²) in [7, 11) is -1.90. The molecule has 1 fully saturated rings. The van der Waals surface area contributed by atoms with E-state index in [1.54, 1.807) is 18.2 Å². The van der Waals surface area contributed by atoms with Crippen molar-refractivity contribution in [3.8, 4) is 5.75 Å². The summed E-state index contributed by atoms with van der Waals surface area (Å²) < 4.78 is 30.0. The second-order valence-corrected chi connectivity index (χ2v) is 8.33. The number of carbonyl (C=O) groups excluding carboxylic acids is 1. The Morgan fingerprint density at radius 1 is 1.26 bits per heavy atom. The summed E-state index contributed by atoms with van der Waals surface area (Å²) >= 11 is 1.42. The maximum Gasteiger partial charge on any atom is 0.322 e. The van der Waals surface area contributed by atoms with E-state index in [-0.39, 0.29) is 24.0 Å². The monoisotopic (exact) mass is 352 g/mol. The van der Waals surface area contributed by atoms with Gasteiger partial charge < -0.3 is 9.64 Å². The Labute approximate surface area is 138 Å². The summed E-state index contributed by atoms with van der Waals surface area (Å²) in [6.45, 7) is 0.400. The number of nitrogens with zero attached hydrogens (tertiary/aromatic N) is 1. The van der Waals surface area contributed by atoms with Crippen LogP contribution in [-0.4, -0.2) is 44.8 Å². The van der Waals surface area contributed by atoms with E-state index >= 15 is 0 Å². The first-order valence-electron chi connectivity index (χ1n) is 6.98. The molecular formula is C15H16N2O4S2. The van der Waals surface area contributed by atoms with Crippen LogP contribution < -0.4 is 10.1 Å². The minimum Gasteiger partial charge on any atom is -0.497 e. The molecule has 0 unspecified atom stereocenters. The number of amides is 2. The second-order valence-electron chi connectivity index (χ2n) is 5.15. The van der Waals surface area contributed by atoms with E-state index in [0.717, 1.165) is 5.00 Å². The number of methoxy groups -OCH3 is 1. The summed E-state index contributed by atoms with van der Waals surface area (Å²) in [5.74, 6) is 0.606. The van der Waals surface area contributed by atoms with Crippen molar-refractivity contribution in [2.75, 3.05) is 25.5 Å². The van der Waals surface area contributed by atoms with Gasteiger partial charge in [0.2, 0.25) is 0 Å². The minimum absolute atomic E-state index is 0.200. The molecule has 1 N–H and O–H groups in total. The van der Waals surface area contributed by atoms with Crippen LogP contribution in [0.1, 0.15) is 0 Å². The van der Waals surface area contributed by atoms with Gasteiger partial charge >= 0.3 is 6.03 Å². The van der Waals surface area contributed by atoms with E-state index in [4.69, 9.17) is 4.74 Å². The number of urea groups is 1. The molecule has 3 rings (SSSR count). The summed E-state index contributed by atoms with van der Waals surface area (Å²) in [6.07, 6.45) is 0. The maximum absolute atomic E-state index is 12.5.